The lowest BCUT2D eigenvalue weighted by atomic mass is 10.2. The second kappa shape index (κ2) is 9.75. The van der Waals surface area contributed by atoms with Gasteiger partial charge in [-0.2, -0.15) is 4.31 Å². The summed E-state index contributed by atoms with van der Waals surface area (Å²) in [5.41, 5.74) is 0.975. The van der Waals surface area contributed by atoms with Crippen LogP contribution in [0.5, 0.6) is 0 Å². The topological polar surface area (TPSA) is 78.7 Å². The molecule has 7 nitrogen and oxygen atoms in total. The van der Waals surface area contributed by atoms with Crippen molar-refractivity contribution in [2.45, 2.75) is 37.8 Å². The number of aromatic nitrogens is 1. The minimum atomic E-state index is -3.36. The lowest BCUT2D eigenvalue weighted by molar-refractivity contribution is 0.477. The second-order valence-corrected chi connectivity index (χ2v) is 8.74. The summed E-state index contributed by atoms with van der Waals surface area (Å²) in [6.45, 7) is 6.17. The molecule has 2 heterocycles. The summed E-state index contributed by atoms with van der Waals surface area (Å²) in [6, 6.07) is 11.1. The van der Waals surface area contributed by atoms with Crippen LogP contribution < -0.4 is 10.6 Å². The molecule has 0 aliphatic carbocycles. The molecule has 1 aliphatic rings. The molecule has 8 heteroatoms. The van der Waals surface area contributed by atoms with Crippen LogP contribution in [-0.4, -0.2) is 49.4 Å². The molecular formula is C20H29N5O2S. The predicted octanol–water partition coefficient (Wildman–Crippen LogP) is 2.03. The van der Waals surface area contributed by atoms with Crippen molar-refractivity contribution in [3.05, 3.63) is 54.4 Å². The zero-order chi connectivity index (χ0) is 19.8. The van der Waals surface area contributed by atoms with E-state index >= 15 is 0 Å². The molecule has 1 aromatic heterocycles. The molecule has 1 aliphatic heterocycles. The van der Waals surface area contributed by atoms with Gasteiger partial charge in [0.05, 0.1) is 11.4 Å². The van der Waals surface area contributed by atoms with Gasteiger partial charge in [0, 0.05) is 45.1 Å². The van der Waals surface area contributed by atoms with Crippen LogP contribution in [-0.2, 0) is 23.1 Å². The molecule has 2 aromatic rings. The van der Waals surface area contributed by atoms with E-state index in [0.29, 0.717) is 24.5 Å². The Hall–Kier alpha value is -2.32. The summed E-state index contributed by atoms with van der Waals surface area (Å²) in [7, 11) is -3.36. The molecule has 2 N–H and O–H groups in total. The number of rotatable bonds is 8. The standard InChI is InChI=1S/C20H29N5O2S/c1-2-21-20(22-11-16-24-12-3-4-13-24)23-17-18-7-9-19(10-8-18)28(26,27)25-14-5-6-15-25/h3-4,7-10,12-13H,2,5-6,11,14-17H2,1H3,(H2,21,22,23). The number of nitrogens with zero attached hydrogens (tertiary/aromatic N) is 3. The number of guanidine groups is 1. The zero-order valence-electron chi connectivity index (χ0n) is 16.3. The van der Waals surface area contributed by atoms with Crippen LogP contribution >= 0.6 is 0 Å². The van der Waals surface area contributed by atoms with Gasteiger partial charge in [-0.3, -0.25) is 0 Å². The van der Waals surface area contributed by atoms with Gasteiger partial charge in [0.2, 0.25) is 10.0 Å². The van der Waals surface area contributed by atoms with E-state index in [4.69, 9.17) is 0 Å². The first-order valence-electron chi connectivity index (χ1n) is 9.81. The summed E-state index contributed by atoms with van der Waals surface area (Å²) in [5, 5.41) is 6.55. The van der Waals surface area contributed by atoms with Gasteiger partial charge in [-0.05, 0) is 49.6 Å². The van der Waals surface area contributed by atoms with Gasteiger partial charge in [-0.15, -0.1) is 0 Å². The minimum absolute atomic E-state index is 0.360. The Morgan fingerprint density at radius 2 is 1.75 bits per heavy atom. The van der Waals surface area contributed by atoms with E-state index in [9.17, 15) is 8.42 Å². The molecule has 3 rings (SSSR count). The molecule has 0 saturated carbocycles. The third kappa shape index (κ3) is 5.36. The number of aliphatic imine (C=N–C) groups is 1. The smallest absolute Gasteiger partial charge is 0.243 e. The summed E-state index contributed by atoms with van der Waals surface area (Å²) in [5.74, 6) is 0.753. The van der Waals surface area contributed by atoms with Crippen LogP contribution in [0.15, 0.2) is 58.7 Å². The molecule has 152 valence electrons. The Balaban J connectivity index is 1.57. The highest BCUT2D eigenvalue weighted by atomic mass is 32.2. The van der Waals surface area contributed by atoms with Gasteiger partial charge in [0.1, 0.15) is 0 Å². The van der Waals surface area contributed by atoms with E-state index in [0.717, 1.165) is 44.0 Å². The largest absolute Gasteiger partial charge is 0.357 e. The molecular weight excluding hydrogens is 374 g/mol. The van der Waals surface area contributed by atoms with E-state index in [-0.39, 0.29) is 0 Å². The lowest BCUT2D eigenvalue weighted by Gasteiger charge is -2.15. The number of benzene rings is 1. The predicted molar refractivity (Wildman–Crippen MR) is 112 cm³/mol. The third-order valence-electron chi connectivity index (χ3n) is 4.72. The fraction of sp³-hybridized carbons (Fsp3) is 0.450. The monoisotopic (exact) mass is 403 g/mol. The maximum absolute atomic E-state index is 12.6. The number of nitrogens with one attached hydrogen (secondary N) is 2. The zero-order valence-corrected chi connectivity index (χ0v) is 17.2. The molecule has 0 radical (unpaired) electrons. The normalized spacial score (nSPS) is 15.7. The Kier molecular flexibility index (Phi) is 7.11. The maximum Gasteiger partial charge on any atom is 0.243 e. The first-order valence-corrected chi connectivity index (χ1v) is 11.3. The molecule has 1 fully saturated rings. The second-order valence-electron chi connectivity index (χ2n) is 6.80. The third-order valence-corrected chi connectivity index (χ3v) is 6.63. The van der Waals surface area contributed by atoms with Gasteiger partial charge in [-0.25, -0.2) is 13.4 Å². The van der Waals surface area contributed by atoms with Gasteiger partial charge < -0.3 is 15.2 Å². The molecule has 28 heavy (non-hydrogen) atoms. The van der Waals surface area contributed by atoms with E-state index < -0.39 is 10.0 Å². The fourth-order valence-corrected chi connectivity index (χ4v) is 4.70. The van der Waals surface area contributed by atoms with Crippen molar-refractivity contribution in [1.82, 2.24) is 19.5 Å². The van der Waals surface area contributed by atoms with Crippen LogP contribution in [0.3, 0.4) is 0 Å². The van der Waals surface area contributed by atoms with E-state index in [1.807, 2.05) is 43.6 Å². The van der Waals surface area contributed by atoms with Crippen LogP contribution in [0.1, 0.15) is 25.3 Å². The fourth-order valence-electron chi connectivity index (χ4n) is 3.18. The number of hydrogen-bond donors (Lipinski definition) is 2. The highest BCUT2D eigenvalue weighted by Crippen LogP contribution is 2.21. The average Bonchev–Trinajstić information content (AvgIpc) is 3.41. The lowest BCUT2D eigenvalue weighted by Crippen LogP contribution is -2.38. The van der Waals surface area contributed by atoms with Crippen molar-refractivity contribution in [1.29, 1.82) is 0 Å². The molecule has 0 amide bonds. The van der Waals surface area contributed by atoms with E-state index in [1.165, 1.54) is 0 Å². The van der Waals surface area contributed by atoms with E-state index in [2.05, 4.69) is 20.2 Å². The molecule has 0 spiro atoms. The van der Waals surface area contributed by atoms with Crippen LogP contribution in [0.25, 0.3) is 0 Å². The summed E-state index contributed by atoms with van der Waals surface area (Å²) in [4.78, 5) is 4.96. The summed E-state index contributed by atoms with van der Waals surface area (Å²) in [6.07, 6.45) is 5.94. The van der Waals surface area contributed by atoms with Gasteiger partial charge in [0.15, 0.2) is 5.96 Å². The molecule has 0 atom stereocenters. The Morgan fingerprint density at radius 3 is 2.39 bits per heavy atom. The number of sulfonamides is 1. The SMILES string of the molecule is CCNC(=NCc1ccc(S(=O)(=O)N2CCCC2)cc1)NCCn1cccc1. The van der Waals surface area contributed by atoms with Crippen molar-refractivity contribution >= 4 is 16.0 Å². The van der Waals surface area contributed by atoms with Crippen molar-refractivity contribution in [3.8, 4) is 0 Å². The highest BCUT2D eigenvalue weighted by Gasteiger charge is 2.26. The summed E-state index contributed by atoms with van der Waals surface area (Å²) >= 11 is 0. The van der Waals surface area contributed by atoms with Crippen LogP contribution in [0, 0.1) is 0 Å². The van der Waals surface area contributed by atoms with Crippen LogP contribution in [0.2, 0.25) is 0 Å². The van der Waals surface area contributed by atoms with Crippen molar-refractivity contribution < 1.29 is 8.42 Å². The van der Waals surface area contributed by atoms with Gasteiger partial charge in [0.25, 0.3) is 0 Å². The van der Waals surface area contributed by atoms with Crippen LogP contribution in [0.4, 0.5) is 0 Å². The average molecular weight is 404 g/mol. The first kappa shape index (κ1) is 20.4. The molecule has 0 unspecified atom stereocenters. The Morgan fingerprint density at radius 1 is 1.07 bits per heavy atom. The van der Waals surface area contributed by atoms with Crippen molar-refractivity contribution in [2.24, 2.45) is 4.99 Å². The summed E-state index contributed by atoms with van der Waals surface area (Å²) < 4.78 is 28.9. The first-order chi connectivity index (χ1) is 13.6. The van der Waals surface area contributed by atoms with Crippen molar-refractivity contribution in [2.75, 3.05) is 26.2 Å². The Bertz CT molecular complexity index is 855. The van der Waals surface area contributed by atoms with Gasteiger partial charge >= 0.3 is 0 Å². The molecule has 1 saturated heterocycles. The molecule has 0 bridgehead atoms. The van der Waals surface area contributed by atoms with Crippen molar-refractivity contribution in [3.63, 3.8) is 0 Å². The number of hydrogen-bond acceptors (Lipinski definition) is 3. The van der Waals surface area contributed by atoms with Gasteiger partial charge in [-0.1, -0.05) is 12.1 Å². The quantitative estimate of drug-likeness (QED) is 0.522. The Labute approximate surface area is 167 Å². The maximum atomic E-state index is 12.6. The van der Waals surface area contributed by atoms with E-state index in [1.54, 1.807) is 16.4 Å². The highest BCUT2D eigenvalue weighted by molar-refractivity contribution is 7.89. The minimum Gasteiger partial charge on any atom is -0.357 e. The molecule has 1 aromatic carbocycles.